The van der Waals surface area contributed by atoms with Gasteiger partial charge in [-0.1, -0.05) is 24.3 Å². The Morgan fingerprint density at radius 2 is 1.73 bits per heavy atom. The van der Waals surface area contributed by atoms with Crippen LogP contribution in [0.3, 0.4) is 0 Å². The molecule has 0 unspecified atom stereocenters. The maximum atomic E-state index is 5.68. The largest absolute Gasteiger partial charge is 0.441 e. The Hall–Kier alpha value is -3.08. The number of rotatable bonds is 2. The summed E-state index contributed by atoms with van der Waals surface area (Å²) < 4.78 is 5.68. The van der Waals surface area contributed by atoms with Gasteiger partial charge in [0.05, 0.1) is 11.9 Å². The van der Waals surface area contributed by atoms with Gasteiger partial charge in [0.25, 0.3) is 0 Å². The SMILES string of the molecule is Cc1nc2ccc(N3CCN(c4cncc5ccccc45)CC3)cc2o1. The van der Waals surface area contributed by atoms with Crippen molar-refractivity contribution in [2.45, 2.75) is 6.92 Å². The number of piperazine rings is 1. The van der Waals surface area contributed by atoms with Gasteiger partial charge in [-0.2, -0.15) is 0 Å². The number of nitrogens with zero attached hydrogens (tertiary/aromatic N) is 4. The summed E-state index contributed by atoms with van der Waals surface area (Å²) in [5, 5.41) is 2.47. The molecule has 0 N–H and O–H groups in total. The number of oxazole rings is 1. The molecule has 5 rings (SSSR count). The van der Waals surface area contributed by atoms with E-state index < -0.39 is 0 Å². The zero-order valence-electron chi connectivity index (χ0n) is 14.7. The Kier molecular flexibility index (Phi) is 3.52. The zero-order valence-corrected chi connectivity index (χ0v) is 14.7. The second-order valence-corrected chi connectivity index (χ2v) is 6.74. The molecule has 5 nitrogen and oxygen atoms in total. The van der Waals surface area contributed by atoms with E-state index in [2.05, 4.69) is 56.2 Å². The molecule has 0 amide bonds. The summed E-state index contributed by atoms with van der Waals surface area (Å²) in [6, 6.07) is 14.7. The van der Waals surface area contributed by atoms with Gasteiger partial charge in [0, 0.05) is 61.8 Å². The van der Waals surface area contributed by atoms with Crippen LogP contribution in [0.15, 0.2) is 59.3 Å². The highest BCUT2D eigenvalue weighted by atomic mass is 16.3. The quantitative estimate of drug-likeness (QED) is 0.550. The van der Waals surface area contributed by atoms with Crippen molar-refractivity contribution in [1.82, 2.24) is 9.97 Å². The highest BCUT2D eigenvalue weighted by molar-refractivity contribution is 5.93. The lowest BCUT2D eigenvalue weighted by Crippen LogP contribution is -2.46. The van der Waals surface area contributed by atoms with E-state index in [4.69, 9.17) is 4.42 Å². The van der Waals surface area contributed by atoms with Gasteiger partial charge in [0.15, 0.2) is 11.5 Å². The molecule has 0 radical (unpaired) electrons. The van der Waals surface area contributed by atoms with Crippen molar-refractivity contribution < 1.29 is 4.42 Å². The number of aromatic nitrogens is 2. The minimum atomic E-state index is 0.713. The van der Waals surface area contributed by atoms with Crippen LogP contribution in [0, 0.1) is 6.92 Å². The molecule has 0 saturated carbocycles. The molecule has 5 heteroatoms. The molecule has 2 aromatic carbocycles. The first-order valence-corrected chi connectivity index (χ1v) is 8.98. The van der Waals surface area contributed by atoms with Crippen molar-refractivity contribution in [2.75, 3.05) is 36.0 Å². The normalized spacial score (nSPS) is 15.1. The Morgan fingerprint density at radius 3 is 2.62 bits per heavy atom. The third-order valence-electron chi connectivity index (χ3n) is 5.11. The topological polar surface area (TPSA) is 45.4 Å². The van der Waals surface area contributed by atoms with Crippen LogP contribution in [0.1, 0.15) is 5.89 Å². The number of hydrogen-bond donors (Lipinski definition) is 0. The summed E-state index contributed by atoms with van der Waals surface area (Å²) in [6.07, 6.45) is 3.92. The van der Waals surface area contributed by atoms with E-state index in [1.807, 2.05) is 25.4 Å². The molecule has 1 saturated heterocycles. The molecule has 1 aliphatic rings. The number of benzene rings is 2. The standard InChI is InChI=1S/C21H20N4O/c1-15-23-19-7-6-17(12-21(19)26-15)24-8-10-25(11-9-24)20-14-22-13-16-4-2-3-5-18(16)20/h2-7,12-14H,8-11H2,1H3. The summed E-state index contributed by atoms with van der Waals surface area (Å²) in [6.45, 7) is 5.78. The number of fused-ring (bicyclic) bond motifs is 2. The fourth-order valence-electron chi connectivity index (χ4n) is 3.78. The van der Waals surface area contributed by atoms with Crippen molar-refractivity contribution >= 4 is 33.2 Å². The first-order chi connectivity index (χ1) is 12.8. The van der Waals surface area contributed by atoms with Gasteiger partial charge in [-0.3, -0.25) is 4.98 Å². The van der Waals surface area contributed by atoms with E-state index in [-0.39, 0.29) is 0 Å². The van der Waals surface area contributed by atoms with Crippen molar-refractivity contribution in [3.8, 4) is 0 Å². The van der Waals surface area contributed by atoms with Crippen molar-refractivity contribution in [3.05, 3.63) is 60.7 Å². The van der Waals surface area contributed by atoms with Crippen molar-refractivity contribution in [1.29, 1.82) is 0 Å². The van der Waals surface area contributed by atoms with Gasteiger partial charge in [-0.25, -0.2) is 4.98 Å². The number of anilines is 2. The Morgan fingerprint density at radius 1 is 0.923 bits per heavy atom. The molecule has 2 aromatic heterocycles. The third-order valence-corrected chi connectivity index (χ3v) is 5.11. The molecule has 0 aliphatic carbocycles. The maximum absolute atomic E-state index is 5.68. The minimum absolute atomic E-state index is 0.713. The molecule has 1 aliphatic heterocycles. The molecule has 0 spiro atoms. The second-order valence-electron chi connectivity index (χ2n) is 6.74. The predicted octanol–water partition coefficient (Wildman–Crippen LogP) is 4.01. The molecule has 26 heavy (non-hydrogen) atoms. The zero-order chi connectivity index (χ0) is 17.5. The monoisotopic (exact) mass is 344 g/mol. The predicted molar refractivity (Wildman–Crippen MR) is 105 cm³/mol. The van der Waals surface area contributed by atoms with Crippen LogP contribution >= 0.6 is 0 Å². The highest BCUT2D eigenvalue weighted by Crippen LogP contribution is 2.28. The van der Waals surface area contributed by atoms with E-state index in [1.165, 1.54) is 22.1 Å². The fraction of sp³-hybridized carbons (Fsp3) is 0.238. The van der Waals surface area contributed by atoms with E-state index in [0.29, 0.717) is 5.89 Å². The lowest BCUT2D eigenvalue weighted by Gasteiger charge is -2.37. The lowest BCUT2D eigenvalue weighted by atomic mass is 10.1. The molecule has 0 bridgehead atoms. The smallest absolute Gasteiger partial charge is 0.192 e. The van der Waals surface area contributed by atoms with Gasteiger partial charge >= 0.3 is 0 Å². The summed E-state index contributed by atoms with van der Waals surface area (Å²) >= 11 is 0. The highest BCUT2D eigenvalue weighted by Gasteiger charge is 2.20. The lowest BCUT2D eigenvalue weighted by molar-refractivity contribution is 0.560. The average Bonchev–Trinajstić information content (AvgIpc) is 3.07. The van der Waals surface area contributed by atoms with E-state index >= 15 is 0 Å². The van der Waals surface area contributed by atoms with Crippen LogP contribution in [0.5, 0.6) is 0 Å². The van der Waals surface area contributed by atoms with E-state index in [9.17, 15) is 0 Å². The summed E-state index contributed by atoms with van der Waals surface area (Å²) in [4.78, 5) is 13.6. The van der Waals surface area contributed by atoms with Gasteiger partial charge in [0.1, 0.15) is 5.52 Å². The van der Waals surface area contributed by atoms with Gasteiger partial charge in [0.2, 0.25) is 0 Å². The van der Waals surface area contributed by atoms with Crippen molar-refractivity contribution in [2.24, 2.45) is 0 Å². The Bertz CT molecular complexity index is 1070. The minimum Gasteiger partial charge on any atom is -0.441 e. The summed E-state index contributed by atoms with van der Waals surface area (Å²) in [5.74, 6) is 0.713. The third kappa shape index (κ3) is 2.56. The van der Waals surface area contributed by atoms with Crippen LogP contribution in [0.2, 0.25) is 0 Å². The van der Waals surface area contributed by atoms with E-state index in [1.54, 1.807) is 0 Å². The molecule has 3 heterocycles. The van der Waals surface area contributed by atoms with Crippen LogP contribution < -0.4 is 9.80 Å². The number of aryl methyl sites for hydroxylation is 1. The first-order valence-electron chi connectivity index (χ1n) is 8.98. The van der Waals surface area contributed by atoms with Gasteiger partial charge in [-0.15, -0.1) is 0 Å². The fourth-order valence-corrected chi connectivity index (χ4v) is 3.78. The molecular weight excluding hydrogens is 324 g/mol. The summed E-state index contributed by atoms with van der Waals surface area (Å²) in [7, 11) is 0. The second kappa shape index (κ2) is 6.02. The molecule has 130 valence electrons. The van der Waals surface area contributed by atoms with Gasteiger partial charge in [-0.05, 0) is 12.1 Å². The van der Waals surface area contributed by atoms with Gasteiger partial charge < -0.3 is 14.2 Å². The molecule has 0 atom stereocenters. The van der Waals surface area contributed by atoms with Crippen LogP contribution in [0.4, 0.5) is 11.4 Å². The molecule has 4 aromatic rings. The first kappa shape index (κ1) is 15.2. The average molecular weight is 344 g/mol. The van der Waals surface area contributed by atoms with Crippen molar-refractivity contribution in [3.63, 3.8) is 0 Å². The number of pyridine rings is 1. The Labute approximate surface area is 151 Å². The van der Waals surface area contributed by atoms with Crippen LogP contribution in [-0.4, -0.2) is 36.1 Å². The van der Waals surface area contributed by atoms with Crippen LogP contribution in [-0.2, 0) is 0 Å². The van der Waals surface area contributed by atoms with Crippen LogP contribution in [0.25, 0.3) is 21.9 Å². The maximum Gasteiger partial charge on any atom is 0.192 e. The molecule has 1 fully saturated rings. The Balaban J connectivity index is 1.38. The number of hydrogen-bond acceptors (Lipinski definition) is 5. The van der Waals surface area contributed by atoms with E-state index in [0.717, 1.165) is 37.3 Å². The summed E-state index contributed by atoms with van der Waals surface area (Å²) in [5.41, 5.74) is 4.21. The molecular formula is C21H20N4O.